The largest absolute Gasteiger partial charge is 0.506 e. The number of phenolic OH excluding ortho intramolecular Hbond substituents is 1. The monoisotopic (exact) mass is 647 g/mol. The summed E-state index contributed by atoms with van der Waals surface area (Å²) >= 11 is -2.01. The van der Waals surface area contributed by atoms with E-state index in [0.29, 0.717) is 5.57 Å². The highest BCUT2D eigenvalue weighted by molar-refractivity contribution is 7.85. The van der Waals surface area contributed by atoms with Gasteiger partial charge >= 0.3 is 12.1 Å². The number of nitrogens with one attached hydrogen (secondary N) is 1. The lowest BCUT2D eigenvalue weighted by atomic mass is 9.89. The molecule has 1 aromatic rings. The van der Waals surface area contributed by atoms with Crippen molar-refractivity contribution in [3.8, 4) is 5.75 Å². The van der Waals surface area contributed by atoms with Crippen LogP contribution in [0.25, 0.3) is 5.57 Å². The molecule has 1 saturated carbocycles. The van der Waals surface area contributed by atoms with Gasteiger partial charge in [-0.25, -0.2) is 13.4 Å². The van der Waals surface area contributed by atoms with Crippen molar-refractivity contribution in [2.75, 3.05) is 37.3 Å². The van der Waals surface area contributed by atoms with Crippen molar-refractivity contribution in [3.05, 3.63) is 29.6 Å². The Morgan fingerprint density at radius 2 is 1.75 bits per heavy atom. The molecular formula is C27H38FN3O12S. The highest BCUT2D eigenvalue weighted by Crippen LogP contribution is 2.37. The average molecular weight is 648 g/mol. The van der Waals surface area contributed by atoms with E-state index in [9.17, 15) is 23.7 Å². The molecule has 0 bridgehead atoms. The topological polar surface area (TPSA) is 227 Å². The van der Waals surface area contributed by atoms with Gasteiger partial charge in [0.1, 0.15) is 18.0 Å². The number of benzene rings is 1. The minimum atomic E-state index is -2.21. The maximum atomic E-state index is 15.2. The Kier molecular flexibility index (Phi) is 11.7. The normalized spacial score (nSPS) is 19.1. The SMILES string of the molecule is CC(O)(O)C(CCO)C(C)(O)O.O=C1CN(c2c(O)ccc(C3=CCN(C(=O)OCOC(=O)C4CCCC4)C3)c2F)S(=O)N1. The molecule has 2 fully saturated rings. The fourth-order valence-corrected chi connectivity index (χ4v) is 6.11. The van der Waals surface area contributed by atoms with Crippen molar-refractivity contribution in [3.63, 3.8) is 0 Å². The van der Waals surface area contributed by atoms with Crippen molar-refractivity contribution in [1.29, 1.82) is 0 Å². The molecule has 2 heterocycles. The number of rotatable bonds is 9. The molecule has 2 aliphatic heterocycles. The Bertz CT molecular complexity index is 1260. The molecule has 1 saturated heterocycles. The van der Waals surface area contributed by atoms with Crippen LogP contribution < -0.4 is 9.03 Å². The van der Waals surface area contributed by atoms with Crippen molar-refractivity contribution < 1.29 is 63.1 Å². The summed E-state index contributed by atoms with van der Waals surface area (Å²) in [6, 6.07) is 2.57. The van der Waals surface area contributed by atoms with E-state index in [-0.39, 0.29) is 55.8 Å². The molecule has 1 atom stereocenters. The summed E-state index contributed by atoms with van der Waals surface area (Å²) in [6.45, 7) is 1.07. The molecule has 44 heavy (non-hydrogen) atoms. The summed E-state index contributed by atoms with van der Waals surface area (Å²) in [4.78, 5) is 36.9. The highest BCUT2D eigenvalue weighted by atomic mass is 32.2. The number of phenols is 1. The van der Waals surface area contributed by atoms with Gasteiger partial charge in [0.2, 0.25) is 18.0 Å². The van der Waals surface area contributed by atoms with Crippen molar-refractivity contribution in [2.24, 2.45) is 11.8 Å². The molecule has 1 aromatic carbocycles. The number of hydrogen-bond donors (Lipinski definition) is 7. The second-order valence-corrected chi connectivity index (χ2v) is 12.1. The summed E-state index contributed by atoms with van der Waals surface area (Å²) in [6.07, 6.45) is 4.34. The van der Waals surface area contributed by atoms with Crippen LogP contribution in [0.2, 0.25) is 0 Å². The van der Waals surface area contributed by atoms with Gasteiger partial charge in [0.25, 0.3) is 5.91 Å². The number of aliphatic hydroxyl groups is 5. The Labute approximate surface area is 255 Å². The zero-order valence-electron chi connectivity index (χ0n) is 24.3. The maximum absolute atomic E-state index is 15.2. The number of carbonyl (C=O) groups excluding carboxylic acids is 3. The first-order valence-corrected chi connectivity index (χ1v) is 14.9. The molecule has 1 unspecified atom stereocenters. The molecule has 4 rings (SSSR count). The van der Waals surface area contributed by atoms with Crippen LogP contribution in [0.1, 0.15) is 51.5 Å². The van der Waals surface area contributed by atoms with E-state index in [1.807, 2.05) is 0 Å². The number of esters is 1. The zero-order chi connectivity index (χ0) is 32.8. The van der Waals surface area contributed by atoms with E-state index in [1.54, 1.807) is 6.08 Å². The predicted molar refractivity (Wildman–Crippen MR) is 152 cm³/mol. The van der Waals surface area contributed by atoms with Crippen molar-refractivity contribution in [2.45, 2.75) is 57.5 Å². The molecule has 246 valence electrons. The zero-order valence-corrected chi connectivity index (χ0v) is 25.1. The molecule has 1 aliphatic carbocycles. The van der Waals surface area contributed by atoms with E-state index < -0.39 is 59.0 Å². The predicted octanol–water partition coefficient (Wildman–Crippen LogP) is -0.0407. The number of ether oxygens (including phenoxy) is 2. The van der Waals surface area contributed by atoms with E-state index in [0.717, 1.165) is 43.8 Å². The lowest BCUT2D eigenvalue weighted by Gasteiger charge is -2.34. The second kappa shape index (κ2) is 14.6. The third kappa shape index (κ3) is 8.86. The van der Waals surface area contributed by atoms with E-state index in [2.05, 4.69) is 4.72 Å². The number of aliphatic hydroxyl groups excluding tert-OH is 1. The first kappa shape index (κ1) is 35.1. The maximum Gasteiger partial charge on any atom is 0.413 e. The van der Waals surface area contributed by atoms with Crippen LogP contribution in [-0.2, 0) is 30.2 Å². The van der Waals surface area contributed by atoms with Crippen LogP contribution >= 0.6 is 0 Å². The number of hydrogen-bond acceptors (Lipinski definition) is 12. The van der Waals surface area contributed by atoms with Gasteiger partial charge in [-0.3, -0.25) is 18.6 Å². The van der Waals surface area contributed by atoms with Crippen molar-refractivity contribution in [1.82, 2.24) is 9.62 Å². The molecule has 15 nitrogen and oxygen atoms in total. The van der Waals surface area contributed by atoms with E-state index in [4.69, 9.17) is 35.0 Å². The van der Waals surface area contributed by atoms with Gasteiger partial charge < -0.3 is 45.0 Å². The number of anilines is 1. The standard InChI is InChI=1S/C20H22FN3O7S.C7H16O5/c21-17-14(5-6-15(25)18(17)24-10-16(26)22-32(24)29)13-7-8-23(9-13)20(28)31-11-30-19(27)12-3-1-2-4-12;1-6(9,10)5(3-4-8)7(2,11)12/h5-7,12,25H,1-4,8-11H2,(H,22,26);5,8-12H,3-4H2,1-2H3. The first-order chi connectivity index (χ1) is 20.5. The first-order valence-electron chi connectivity index (χ1n) is 13.8. The summed E-state index contributed by atoms with van der Waals surface area (Å²) in [7, 11) is 0. The smallest absolute Gasteiger partial charge is 0.413 e. The average Bonchev–Trinajstić information content (AvgIpc) is 3.68. The Morgan fingerprint density at radius 1 is 1.11 bits per heavy atom. The second-order valence-electron chi connectivity index (χ2n) is 10.9. The van der Waals surface area contributed by atoms with Crippen LogP contribution in [0.15, 0.2) is 18.2 Å². The molecule has 0 spiro atoms. The summed E-state index contributed by atoms with van der Waals surface area (Å²) in [5, 5.41) is 54.9. The number of nitrogens with zero attached hydrogens (tertiary/aromatic N) is 2. The Morgan fingerprint density at radius 3 is 2.27 bits per heavy atom. The van der Waals surface area contributed by atoms with Crippen LogP contribution in [-0.4, -0.2) is 102 Å². The lowest BCUT2D eigenvalue weighted by molar-refractivity contribution is -0.289. The van der Waals surface area contributed by atoms with Crippen molar-refractivity contribution >= 4 is 40.4 Å². The van der Waals surface area contributed by atoms with Gasteiger partial charge in [-0.1, -0.05) is 18.9 Å². The summed E-state index contributed by atoms with van der Waals surface area (Å²) < 4.78 is 40.3. The minimum absolute atomic E-state index is 0.0246. The Hall–Kier alpha value is -3.35. The van der Waals surface area contributed by atoms with Crippen LogP contribution in [0.3, 0.4) is 0 Å². The van der Waals surface area contributed by atoms with Gasteiger partial charge in [-0.05, 0) is 50.8 Å². The number of carbonyl (C=O) groups is 3. The van der Waals surface area contributed by atoms with Gasteiger partial charge in [-0.2, -0.15) is 0 Å². The minimum Gasteiger partial charge on any atom is -0.506 e. The number of halogens is 1. The van der Waals surface area contributed by atoms with Gasteiger partial charge in [0.15, 0.2) is 17.4 Å². The molecule has 2 amide bonds. The van der Waals surface area contributed by atoms with E-state index in [1.165, 1.54) is 17.0 Å². The quantitative estimate of drug-likeness (QED) is 0.138. The van der Waals surface area contributed by atoms with Gasteiger partial charge in [0.05, 0.1) is 11.8 Å². The van der Waals surface area contributed by atoms with Crippen LogP contribution in [0, 0.1) is 17.7 Å². The summed E-state index contributed by atoms with van der Waals surface area (Å²) in [5.74, 6) is -8.01. The molecule has 17 heteroatoms. The molecule has 0 radical (unpaired) electrons. The third-order valence-corrected chi connectivity index (χ3v) is 8.48. The highest BCUT2D eigenvalue weighted by Gasteiger charge is 2.41. The molecule has 0 aromatic heterocycles. The number of aromatic hydroxyl groups is 1. The molecule has 3 aliphatic rings. The lowest BCUT2D eigenvalue weighted by Crippen LogP contribution is -2.49. The third-order valence-electron chi connectivity index (χ3n) is 7.37. The van der Waals surface area contributed by atoms with Gasteiger partial charge in [0, 0.05) is 25.3 Å². The van der Waals surface area contributed by atoms with Gasteiger partial charge in [-0.15, -0.1) is 0 Å². The fraction of sp³-hybridized carbons (Fsp3) is 0.593. The Balaban J connectivity index is 0.000000375. The summed E-state index contributed by atoms with van der Waals surface area (Å²) in [5.41, 5.74) is 0.185. The fourth-order valence-electron chi connectivity index (χ4n) is 5.17. The molecular weight excluding hydrogens is 609 g/mol. The number of amides is 2. The van der Waals surface area contributed by atoms with E-state index >= 15 is 4.39 Å². The van der Waals surface area contributed by atoms with Crippen LogP contribution in [0.4, 0.5) is 14.9 Å². The van der Waals surface area contributed by atoms with Crippen LogP contribution in [0.5, 0.6) is 5.75 Å². The molecule has 7 N–H and O–H groups in total.